The number of benzene rings is 2. The highest BCUT2D eigenvalue weighted by Crippen LogP contribution is 2.26. The molecular formula is C19H15N3O3S2. The summed E-state index contributed by atoms with van der Waals surface area (Å²) < 4.78 is 6.45. The number of carbonyl (C=O) groups excluding carboxylic acids is 1. The predicted molar refractivity (Wildman–Crippen MR) is 108 cm³/mol. The van der Waals surface area contributed by atoms with Gasteiger partial charge in [-0.1, -0.05) is 24.3 Å². The molecule has 2 heterocycles. The van der Waals surface area contributed by atoms with Crippen LogP contribution in [-0.4, -0.2) is 21.7 Å². The third kappa shape index (κ3) is 3.67. The van der Waals surface area contributed by atoms with Crippen molar-refractivity contribution < 1.29 is 9.21 Å². The van der Waals surface area contributed by atoms with Gasteiger partial charge in [0.25, 0.3) is 0 Å². The molecule has 0 aliphatic carbocycles. The second kappa shape index (κ2) is 7.42. The third-order valence-electron chi connectivity index (χ3n) is 4.01. The van der Waals surface area contributed by atoms with E-state index in [-0.39, 0.29) is 12.5 Å². The molecule has 4 rings (SSSR count). The minimum atomic E-state index is -0.555. The number of carbonyl (C=O) groups is 1. The standard InChI is InChI=1S/C19H15N3O3S2/c1-26-13-8-6-12(7-9-13)14-11-27-18(20-14)21-17(23)10-22-15-4-2-3-5-16(15)25-19(22)24/h2-9,11H,10H2,1H3,(H,20,21,23). The molecule has 0 atom stereocenters. The van der Waals surface area contributed by atoms with Gasteiger partial charge >= 0.3 is 5.76 Å². The Labute approximate surface area is 162 Å². The van der Waals surface area contributed by atoms with Gasteiger partial charge in [-0.2, -0.15) is 0 Å². The number of thioether (sulfide) groups is 1. The third-order valence-corrected chi connectivity index (χ3v) is 5.51. The molecule has 0 aliphatic rings. The van der Waals surface area contributed by atoms with Crippen LogP contribution in [0.4, 0.5) is 5.13 Å². The Bertz CT molecular complexity index is 1160. The molecule has 0 spiro atoms. The molecule has 6 nitrogen and oxygen atoms in total. The molecule has 2 aromatic heterocycles. The molecule has 0 radical (unpaired) electrons. The molecule has 136 valence electrons. The zero-order valence-corrected chi connectivity index (χ0v) is 16.0. The average molecular weight is 397 g/mol. The van der Waals surface area contributed by atoms with Gasteiger partial charge in [0.05, 0.1) is 11.2 Å². The van der Waals surface area contributed by atoms with Crippen LogP contribution in [0, 0.1) is 0 Å². The number of para-hydroxylation sites is 2. The van der Waals surface area contributed by atoms with Crippen LogP contribution in [0.2, 0.25) is 0 Å². The Kier molecular flexibility index (Phi) is 4.83. The highest BCUT2D eigenvalue weighted by atomic mass is 32.2. The van der Waals surface area contributed by atoms with E-state index in [1.807, 2.05) is 35.9 Å². The fraction of sp³-hybridized carbons (Fsp3) is 0.105. The molecular weight excluding hydrogens is 382 g/mol. The van der Waals surface area contributed by atoms with Crippen LogP contribution in [0.15, 0.2) is 68.0 Å². The molecule has 0 saturated carbocycles. The summed E-state index contributed by atoms with van der Waals surface area (Å²) in [5, 5.41) is 5.13. The first-order valence-electron chi connectivity index (χ1n) is 8.12. The van der Waals surface area contributed by atoms with E-state index in [4.69, 9.17) is 4.42 Å². The zero-order chi connectivity index (χ0) is 18.8. The summed E-state index contributed by atoms with van der Waals surface area (Å²) in [6.07, 6.45) is 2.03. The van der Waals surface area contributed by atoms with Crippen molar-refractivity contribution in [3.8, 4) is 11.3 Å². The number of hydrogen-bond donors (Lipinski definition) is 1. The topological polar surface area (TPSA) is 77.1 Å². The number of nitrogens with one attached hydrogen (secondary N) is 1. The van der Waals surface area contributed by atoms with Crippen molar-refractivity contribution in [2.24, 2.45) is 0 Å². The Morgan fingerprint density at radius 1 is 1.22 bits per heavy atom. The van der Waals surface area contributed by atoms with Crippen LogP contribution in [0.25, 0.3) is 22.4 Å². The van der Waals surface area contributed by atoms with Gasteiger partial charge in [0.2, 0.25) is 5.91 Å². The number of oxazole rings is 1. The molecule has 1 N–H and O–H groups in total. The minimum absolute atomic E-state index is 0.132. The lowest BCUT2D eigenvalue weighted by Gasteiger charge is -2.03. The van der Waals surface area contributed by atoms with E-state index in [2.05, 4.69) is 10.3 Å². The second-order valence-electron chi connectivity index (χ2n) is 5.74. The Morgan fingerprint density at radius 3 is 2.78 bits per heavy atom. The highest BCUT2D eigenvalue weighted by Gasteiger charge is 2.14. The number of aromatic nitrogens is 2. The molecule has 27 heavy (non-hydrogen) atoms. The first kappa shape index (κ1) is 17.6. The summed E-state index contributed by atoms with van der Waals surface area (Å²) in [6, 6.07) is 15.1. The average Bonchev–Trinajstić information content (AvgIpc) is 3.27. The van der Waals surface area contributed by atoms with Gasteiger partial charge in [0, 0.05) is 15.8 Å². The normalized spacial score (nSPS) is 11.0. The van der Waals surface area contributed by atoms with Crippen LogP contribution in [0.5, 0.6) is 0 Å². The lowest BCUT2D eigenvalue weighted by Crippen LogP contribution is -2.24. The zero-order valence-electron chi connectivity index (χ0n) is 14.3. The smallest absolute Gasteiger partial charge is 0.408 e. The maximum absolute atomic E-state index is 12.4. The van der Waals surface area contributed by atoms with E-state index < -0.39 is 5.76 Å². The summed E-state index contributed by atoms with van der Waals surface area (Å²) in [5.41, 5.74) is 2.84. The van der Waals surface area contributed by atoms with Gasteiger partial charge in [0.1, 0.15) is 6.54 Å². The van der Waals surface area contributed by atoms with Crippen LogP contribution in [0.1, 0.15) is 0 Å². The molecule has 2 aromatic carbocycles. The molecule has 1 amide bonds. The Morgan fingerprint density at radius 2 is 2.00 bits per heavy atom. The first-order chi connectivity index (χ1) is 13.1. The molecule has 0 saturated heterocycles. The van der Waals surface area contributed by atoms with E-state index >= 15 is 0 Å². The summed E-state index contributed by atoms with van der Waals surface area (Å²) in [4.78, 5) is 30.0. The van der Waals surface area contributed by atoms with Crippen molar-refractivity contribution in [3.63, 3.8) is 0 Å². The van der Waals surface area contributed by atoms with Gasteiger partial charge in [-0.05, 0) is 30.5 Å². The quantitative estimate of drug-likeness (QED) is 0.514. The minimum Gasteiger partial charge on any atom is -0.408 e. The van der Waals surface area contributed by atoms with Gasteiger partial charge < -0.3 is 9.73 Å². The van der Waals surface area contributed by atoms with Crippen molar-refractivity contribution >= 4 is 45.2 Å². The number of fused-ring (bicyclic) bond motifs is 1. The number of hydrogen-bond acceptors (Lipinski definition) is 6. The van der Waals surface area contributed by atoms with E-state index in [9.17, 15) is 9.59 Å². The number of rotatable bonds is 5. The fourth-order valence-electron chi connectivity index (χ4n) is 2.69. The Hall–Kier alpha value is -2.84. The number of thiazole rings is 1. The van der Waals surface area contributed by atoms with Crippen LogP contribution in [0.3, 0.4) is 0 Å². The molecule has 0 fully saturated rings. The molecule has 0 aliphatic heterocycles. The van der Waals surface area contributed by atoms with E-state index in [1.165, 1.54) is 20.8 Å². The van der Waals surface area contributed by atoms with Gasteiger partial charge in [0.15, 0.2) is 10.7 Å². The van der Waals surface area contributed by atoms with Crippen LogP contribution >= 0.6 is 23.1 Å². The lowest BCUT2D eigenvalue weighted by molar-refractivity contribution is -0.116. The van der Waals surface area contributed by atoms with Crippen LogP contribution < -0.4 is 11.1 Å². The maximum Gasteiger partial charge on any atom is 0.420 e. The summed E-state index contributed by atoms with van der Waals surface area (Å²) in [6.45, 7) is -0.132. The molecule has 0 unspecified atom stereocenters. The maximum atomic E-state index is 12.4. The van der Waals surface area contributed by atoms with E-state index in [1.54, 1.807) is 36.0 Å². The van der Waals surface area contributed by atoms with Gasteiger partial charge in [-0.25, -0.2) is 9.78 Å². The summed E-state index contributed by atoms with van der Waals surface area (Å²) in [7, 11) is 0. The predicted octanol–water partition coefficient (Wildman–Crippen LogP) is 4.08. The number of anilines is 1. The van der Waals surface area contributed by atoms with Crippen molar-refractivity contribution in [2.45, 2.75) is 11.4 Å². The monoisotopic (exact) mass is 397 g/mol. The highest BCUT2D eigenvalue weighted by molar-refractivity contribution is 7.98. The van der Waals surface area contributed by atoms with E-state index in [0.717, 1.165) is 11.3 Å². The largest absolute Gasteiger partial charge is 0.420 e. The fourth-order valence-corrected chi connectivity index (χ4v) is 3.84. The van der Waals surface area contributed by atoms with Crippen molar-refractivity contribution in [2.75, 3.05) is 11.6 Å². The Balaban J connectivity index is 1.49. The van der Waals surface area contributed by atoms with Crippen LogP contribution in [-0.2, 0) is 11.3 Å². The second-order valence-corrected chi connectivity index (χ2v) is 7.47. The van der Waals surface area contributed by atoms with E-state index in [0.29, 0.717) is 16.2 Å². The lowest BCUT2D eigenvalue weighted by atomic mass is 10.2. The first-order valence-corrected chi connectivity index (χ1v) is 10.2. The molecule has 4 aromatic rings. The van der Waals surface area contributed by atoms with Gasteiger partial charge in [-0.3, -0.25) is 9.36 Å². The SMILES string of the molecule is CSc1ccc(-c2csc(NC(=O)Cn3c(=O)oc4ccccc43)n2)cc1. The summed E-state index contributed by atoms with van der Waals surface area (Å²) >= 11 is 3.02. The molecule has 0 bridgehead atoms. The molecule has 8 heteroatoms. The summed E-state index contributed by atoms with van der Waals surface area (Å²) in [5.74, 6) is -0.887. The van der Waals surface area contributed by atoms with Crippen molar-refractivity contribution in [1.82, 2.24) is 9.55 Å². The van der Waals surface area contributed by atoms with Gasteiger partial charge in [-0.15, -0.1) is 23.1 Å². The number of nitrogens with zero attached hydrogens (tertiary/aromatic N) is 2. The number of amides is 1. The van der Waals surface area contributed by atoms with Crippen molar-refractivity contribution in [1.29, 1.82) is 0 Å². The van der Waals surface area contributed by atoms with Crippen molar-refractivity contribution in [3.05, 3.63) is 64.5 Å².